The van der Waals surface area contributed by atoms with Gasteiger partial charge in [-0.05, 0) is 44.7 Å². The SMILES string of the molecule is CC1CNC(C)(C2CC2)CN1c1ccccc1C(F)(F)F. The number of para-hydroxylation sites is 1. The van der Waals surface area contributed by atoms with E-state index in [4.69, 9.17) is 0 Å². The average Bonchev–Trinajstić information content (AvgIpc) is 3.26. The van der Waals surface area contributed by atoms with Crippen LogP contribution in [0.5, 0.6) is 0 Å². The molecule has 1 aliphatic heterocycles. The Labute approximate surface area is 123 Å². The van der Waals surface area contributed by atoms with E-state index in [1.54, 1.807) is 12.1 Å². The van der Waals surface area contributed by atoms with Gasteiger partial charge in [0.25, 0.3) is 0 Å². The molecule has 5 heteroatoms. The molecule has 21 heavy (non-hydrogen) atoms. The summed E-state index contributed by atoms with van der Waals surface area (Å²) in [5.41, 5.74) is -0.298. The summed E-state index contributed by atoms with van der Waals surface area (Å²) in [4.78, 5) is 1.93. The molecule has 2 aliphatic rings. The second-order valence-corrected chi connectivity index (χ2v) is 6.56. The van der Waals surface area contributed by atoms with E-state index in [-0.39, 0.29) is 11.6 Å². The monoisotopic (exact) mass is 298 g/mol. The highest BCUT2D eigenvalue weighted by Crippen LogP contribution is 2.44. The lowest BCUT2D eigenvalue weighted by Crippen LogP contribution is -2.63. The van der Waals surface area contributed by atoms with Crippen molar-refractivity contribution < 1.29 is 13.2 Å². The van der Waals surface area contributed by atoms with Gasteiger partial charge >= 0.3 is 6.18 Å². The van der Waals surface area contributed by atoms with Crippen molar-refractivity contribution in [3.8, 4) is 0 Å². The van der Waals surface area contributed by atoms with Crippen LogP contribution in [0.3, 0.4) is 0 Å². The van der Waals surface area contributed by atoms with Crippen molar-refractivity contribution in [1.29, 1.82) is 0 Å². The van der Waals surface area contributed by atoms with Crippen LogP contribution in [-0.4, -0.2) is 24.7 Å². The van der Waals surface area contributed by atoms with Gasteiger partial charge in [-0.1, -0.05) is 12.1 Å². The number of halogens is 3. The Morgan fingerprint density at radius 1 is 1.24 bits per heavy atom. The Bertz CT molecular complexity index is 524. The van der Waals surface area contributed by atoms with Crippen molar-refractivity contribution >= 4 is 5.69 Å². The molecule has 1 aromatic rings. The van der Waals surface area contributed by atoms with Gasteiger partial charge in [-0.15, -0.1) is 0 Å². The van der Waals surface area contributed by atoms with E-state index in [0.29, 0.717) is 18.2 Å². The summed E-state index contributed by atoms with van der Waals surface area (Å²) in [5, 5.41) is 3.54. The Hall–Kier alpha value is -1.23. The Kier molecular flexibility index (Phi) is 3.43. The van der Waals surface area contributed by atoms with E-state index in [9.17, 15) is 13.2 Å². The zero-order valence-electron chi connectivity index (χ0n) is 12.4. The van der Waals surface area contributed by atoms with E-state index in [1.807, 2.05) is 11.8 Å². The number of alkyl halides is 3. The number of piperazine rings is 1. The summed E-state index contributed by atoms with van der Waals surface area (Å²) in [6.07, 6.45) is -1.96. The first-order chi connectivity index (χ1) is 9.81. The van der Waals surface area contributed by atoms with Crippen LogP contribution in [0.15, 0.2) is 24.3 Å². The van der Waals surface area contributed by atoms with E-state index in [1.165, 1.54) is 25.0 Å². The minimum atomic E-state index is -4.31. The maximum Gasteiger partial charge on any atom is 0.418 e. The smallest absolute Gasteiger partial charge is 0.365 e. The van der Waals surface area contributed by atoms with Gasteiger partial charge in [0, 0.05) is 30.4 Å². The van der Waals surface area contributed by atoms with E-state index in [0.717, 1.165) is 6.54 Å². The molecule has 0 radical (unpaired) electrons. The molecular weight excluding hydrogens is 277 g/mol. The topological polar surface area (TPSA) is 15.3 Å². The predicted octanol–water partition coefficient (Wildman–Crippen LogP) is 3.67. The molecule has 1 aromatic carbocycles. The molecule has 2 atom stereocenters. The van der Waals surface area contributed by atoms with Crippen LogP contribution in [0.1, 0.15) is 32.3 Å². The summed E-state index contributed by atoms with van der Waals surface area (Å²) in [7, 11) is 0. The van der Waals surface area contributed by atoms with Gasteiger partial charge in [-0.2, -0.15) is 13.2 Å². The van der Waals surface area contributed by atoms with E-state index < -0.39 is 11.7 Å². The summed E-state index contributed by atoms with van der Waals surface area (Å²) in [5.74, 6) is 0.588. The number of nitrogens with zero attached hydrogens (tertiary/aromatic N) is 1. The summed E-state index contributed by atoms with van der Waals surface area (Å²) in [6.45, 7) is 5.47. The third-order valence-corrected chi connectivity index (χ3v) is 4.83. The summed E-state index contributed by atoms with van der Waals surface area (Å²) >= 11 is 0. The molecule has 1 aliphatic carbocycles. The molecule has 0 spiro atoms. The summed E-state index contributed by atoms with van der Waals surface area (Å²) < 4.78 is 39.8. The van der Waals surface area contributed by atoms with Gasteiger partial charge in [0.1, 0.15) is 0 Å². The second kappa shape index (κ2) is 4.90. The van der Waals surface area contributed by atoms with Crippen molar-refractivity contribution in [3.05, 3.63) is 29.8 Å². The molecule has 2 nitrogen and oxygen atoms in total. The molecule has 1 saturated carbocycles. The number of benzene rings is 1. The molecule has 1 saturated heterocycles. The molecule has 1 heterocycles. The molecule has 2 unspecified atom stereocenters. The van der Waals surface area contributed by atoms with Crippen LogP contribution in [-0.2, 0) is 6.18 Å². The largest absolute Gasteiger partial charge is 0.418 e. The first kappa shape index (κ1) is 14.7. The van der Waals surface area contributed by atoms with Gasteiger partial charge in [0.2, 0.25) is 0 Å². The molecule has 116 valence electrons. The molecule has 2 fully saturated rings. The van der Waals surface area contributed by atoms with Crippen molar-refractivity contribution in [3.63, 3.8) is 0 Å². The van der Waals surface area contributed by atoms with Crippen LogP contribution in [0.4, 0.5) is 18.9 Å². The van der Waals surface area contributed by atoms with E-state index in [2.05, 4.69) is 12.2 Å². The highest BCUT2D eigenvalue weighted by Gasteiger charge is 2.46. The van der Waals surface area contributed by atoms with Gasteiger partial charge in [0.15, 0.2) is 0 Å². The fraction of sp³-hybridized carbons (Fsp3) is 0.625. The number of hydrogen-bond donors (Lipinski definition) is 1. The predicted molar refractivity (Wildman–Crippen MR) is 77.4 cm³/mol. The van der Waals surface area contributed by atoms with Gasteiger partial charge in [-0.3, -0.25) is 0 Å². The minimum absolute atomic E-state index is 0.0559. The van der Waals surface area contributed by atoms with Crippen LogP contribution in [0.2, 0.25) is 0 Å². The van der Waals surface area contributed by atoms with Crippen molar-refractivity contribution in [1.82, 2.24) is 5.32 Å². The van der Waals surface area contributed by atoms with Gasteiger partial charge in [-0.25, -0.2) is 0 Å². The minimum Gasteiger partial charge on any atom is -0.365 e. The lowest BCUT2D eigenvalue weighted by atomic mass is 9.90. The summed E-state index contributed by atoms with van der Waals surface area (Å²) in [6, 6.07) is 5.98. The number of rotatable bonds is 2. The molecule has 0 amide bonds. The second-order valence-electron chi connectivity index (χ2n) is 6.56. The maximum absolute atomic E-state index is 13.3. The average molecular weight is 298 g/mol. The fourth-order valence-corrected chi connectivity index (χ4v) is 3.34. The number of anilines is 1. The highest BCUT2D eigenvalue weighted by molar-refractivity contribution is 5.56. The van der Waals surface area contributed by atoms with Gasteiger partial charge < -0.3 is 10.2 Å². The zero-order valence-corrected chi connectivity index (χ0v) is 12.4. The Morgan fingerprint density at radius 3 is 2.52 bits per heavy atom. The molecule has 3 rings (SSSR count). The standard InChI is InChI=1S/C16H21F3N2/c1-11-9-20-15(2,12-7-8-12)10-21(11)14-6-4-3-5-13(14)16(17,18)19/h3-6,11-12,20H,7-10H2,1-2H3. The lowest BCUT2D eigenvalue weighted by molar-refractivity contribution is -0.137. The quantitative estimate of drug-likeness (QED) is 0.896. The van der Waals surface area contributed by atoms with E-state index >= 15 is 0 Å². The zero-order chi connectivity index (χ0) is 15.3. The molecule has 1 N–H and O–H groups in total. The van der Waals surface area contributed by atoms with Crippen molar-refractivity contribution in [2.24, 2.45) is 5.92 Å². The van der Waals surface area contributed by atoms with Crippen LogP contribution in [0, 0.1) is 5.92 Å². The maximum atomic E-state index is 13.3. The van der Waals surface area contributed by atoms with Crippen molar-refractivity contribution in [2.45, 2.75) is 44.4 Å². The lowest BCUT2D eigenvalue weighted by Gasteiger charge is -2.47. The van der Waals surface area contributed by atoms with Crippen LogP contribution < -0.4 is 10.2 Å². The van der Waals surface area contributed by atoms with Crippen molar-refractivity contribution in [2.75, 3.05) is 18.0 Å². The van der Waals surface area contributed by atoms with Gasteiger partial charge in [0.05, 0.1) is 5.56 Å². The third kappa shape index (κ3) is 2.76. The molecule has 0 bridgehead atoms. The van der Waals surface area contributed by atoms with Crippen LogP contribution >= 0.6 is 0 Å². The highest BCUT2D eigenvalue weighted by atomic mass is 19.4. The first-order valence-electron chi connectivity index (χ1n) is 7.49. The number of hydrogen-bond acceptors (Lipinski definition) is 2. The van der Waals surface area contributed by atoms with Crippen LogP contribution in [0.25, 0.3) is 0 Å². The molecular formula is C16H21F3N2. The number of nitrogens with one attached hydrogen (secondary N) is 1. The Balaban J connectivity index is 1.95. The fourth-order valence-electron chi connectivity index (χ4n) is 3.34. The third-order valence-electron chi connectivity index (χ3n) is 4.83. The molecule has 0 aromatic heterocycles. The normalized spacial score (nSPS) is 30.5. The first-order valence-corrected chi connectivity index (χ1v) is 7.49. The Morgan fingerprint density at radius 2 is 1.90 bits per heavy atom.